The van der Waals surface area contributed by atoms with Crippen LogP contribution in [-0.2, 0) is 9.59 Å². The molecule has 2 atom stereocenters. The van der Waals surface area contributed by atoms with Crippen LogP contribution >= 0.6 is 11.3 Å². The summed E-state index contributed by atoms with van der Waals surface area (Å²) in [6, 6.07) is 8.22. The van der Waals surface area contributed by atoms with Gasteiger partial charge in [0.25, 0.3) is 0 Å². The zero-order valence-corrected chi connectivity index (χ0v) is 12.2. The van der Waals surface area contributed by atoms with Crippen molar-refractivity contribution in [3.05, 3.63) is 57.5 Å². The molecule has 0 spiro atoms. The molecule has 0 bridgehead atoms. The first kappa shape index (κ1) is 13.9. The summed E-state index contributed by atoms with van der Waals surface area (Å²) in [6.45, 7) is 1.95. The third-order valence-corrected chi connectivity index (χ3v) is 4.98. The van der Waals surface area contributed by atoms with Gasteiger partial charge in [0.05, 0.1) is 5.92 Å². The summed E-state index contributed by atoms with van der Waals surface area (Å²) in [5, 5.41) is 4.26. The lowest BCUT2D eigenvalue weighted by Crippen LogP contribution is -2.43. The number of nitrogens with one attached hydrogen (secondary N) is 1. The number of imide groups is 1. The smallest absolute Gasteiger partial charge is 0.234 e. The van der Waals surface area contributed by atoms with Crippen molar-refractivity contribution in [3.8, 4) is 0 Å². The zero-order chi connectivity index (χ0) is 15.0. The highest BCUT2D eigenvalue weighted by Gasteiger charge is 2.40. The Morgan fingerprint density at radius 1 is 1.24 bits per heavy atom. The van der Waals surface area contributed by atoms with Crippen molar-refractivity contribution in [2.24, 2.45) is 0 Å². The van der Waals surface area contributed by atoms with E-state index in [0.29, 0.717) is 5.56 Å². The van der Waals surface area contributed by atoms with Crippen molar-refractivity contribution in [3.63, 3.8) is 0 Å². The van der Waals surface area contributed by atoms with Gasteiger partial charge in [0.2, 0.25) is 11.8 Å². The van der Waals surface area contributed by atoms with E-state index in [-0.39, 0.29) is 18.2 Å². The Morgan fingerprint density at radius 2 is 2.00 bits per heavy atom. The van der Waals surface area contributed by atoms with Crippen LogP contribution in [0.3, 0.4) is 0 Å². The number of benzene rings is 1. The summed E-state index contributed by atoms with van der Waals surface area (Å²) in [5.74, 6) is -2.10. The van der Waals surface area contributed by atoms with E-state index in [0.717, 1.165) is 10.4 Å². The van der Waals surface area contributed by atoms with Gasteiger partial charge in [-0.1, -0.05) is 18.2 Å². The van der Waals surface area contributed by atoms with Crippen molar-refractivity contribution in [1.82, 2.24) is 5.32 Å². The van der Waals surface area contributed by atoms with E-state index in [9.17, 15) is 14.0 Å². The second-order valence-electron chi connectivity index (χ2n) is 5.19. The predicted octanol–water partition coefficient (Wildman–Crippen LogP) is 3.11. The standard InChI is InChI=1S/C16H14FNO2S/c1-9-6-7-21-15(9)11-8-13(19)18-16(20)14(11)10-4-2-3-5-12(10)17/h2-7,11,14H,8H2,1H3,(H,18,19,20). The summed E-state index contributed by atoms with van der Waals surface area (Å²) in [4.78, 5) is 25.0. The van der Waals surface area contributed by atoms with Crippen molar-refractivity contribution in [2.75, 3.05) is 0 Å². The maximum absolute atomic E-state index is 14.1. The topological polar surface area (TPSA) is 46.2 Å². The number of carbonyl (C=O) groups excluding carboxylic acids is 2. The molecule has 3 nitrogen and oxygen atoms in total. The minimum Gasteiger partial charge on any atom is -0.296 e. The van der Waals surface area contributed by atoms with E-state index in [2.05, 4.69) is 5.32 Å². The molecule has 2 unspecified atom stereocenters. The summed E-state index contributed by atoms with van der Waals surface area (Å²) in [6.07, 6.45) is 0.200. The molecule has 3 rings (SSSR count). The lowest BCUT2D eigenvalue weighted by molar-refractivity contribution is -0.135. The first-order chi connectivity index (χ1) is 10.1. The number of hydrogen-bond acceptors (Lipinski definition) is 3. The number of thiophene rings is 1. The fourth-order valence-corrected chi connectivity index (χ4v) is 3.93. The first-order valence-electron chi connectivity index (χ1n) is 6.70. The molecule has 21 heavy (non-hydrogen) atoms. The molecule has 1 N–H and O–H groups in total. The Morgan fingerprint density at radius 3 is 2.67 bits per heavy atom. The summed E-state index contributed by atoms with van der Waals surface area (Å²) in [5.41, 5.74) is 1.38. The molecular formula is C16H14FNO2S. The summed E-state index contributed by atoms with van der Waals surface area (Å²) < 4.78 is 14.1. The zero-order valence-electron chi connectivity index (χ0n) is 11.4. The highest BCUT2D eigenvalue weighted by Crippen LogP contribution is 2.42. The van der Waals surface area contributed by atoms with Crippen LogP contribution in [0.5, 0.6) is 0 Å². The van der Waals surface area contributed by atoms with Gasteiger partial charge >= 0.3 is 0 Å². The summed E-state index contributed by atoms with van der Waals surface area (Å²) >= 11 is 1.51. The average Bonchev–Trinajstić information content (AvgIpc) is 2.85. The van der Waals surface area contributed by atoms with E-state index < -0.39 is 17.6 Å². The van der Waals surface area contributed by atoms with Gasteiger partial charge in [-0.25, -0.2) is 4.39 Å². The fraction of sp³-hybridized carbons (Fsp3) is 0.250. The average molecular weight is 303 g/mol. The van der Waals surface area contributed by atoms with Crippen LogP contribution in [-0.4, -0.2) is 11.8 Å². The molecule has 0 radical (unpaired) electrons. The molecule has 0 saturated carbocycles. The molecule has 5 heteroatoms. The molecule has 2 amide bonds. The van der Waals surface area contributed by atoms with Gasteiger partial charge in [0.1, 0.15) is 5.82 Å². The van der Waals surface area contributed by atoms with Gasteiger partial charge in [0.15, 0.2) is 0 Å². The second-order valence-corrected chi connectivity index (χ2v) is 6.14. The van der Waals surface area contributed by atoms with Crippen LogP contribution in [0.15, 0.2) is 35.7 Å². The lowest BCUT2D eigenvalue weighted by atomic mass is 9.78. The van der Waals surface area contributed by atoms with Crippen molar-refractivity contribution >= 4 is 23.2 Å². The molecule has 2 heterocycles. The Balaban J connectivity index is 2.10. The van der Waals surface area contributed by atoms with Crippen LogP contribution in [0.1, 0.15) is 34.3 Å². The fourth-order valence-electron chi connectivity index (χ4n) is 2.86. The number of aryl methyl sites for hydroxylation is 1. The van der Waals surface area contributed by atoms with Crippen molar-refractivity contribution < 1.29 is 14.0 Å². The number of hydrogen-bond donors (Lipinski definition) is 1. The molecule has 1 aromatic carbocycles. The van der Waals surface area contributed by atoms with Gasteiger partial charge < -0.3 is 0 Å². The van der Waals surface area contributed by atoms with Gasteiger partial charge in [0, 0.05) is 22.8 Å². The van der Waals surface area contributed by atoms with Crippen LogP contribution in [0.25, 0.3) is 0 Å². The number of piperidine rings is 1. The quantitative estimate of drug-likeness (QED) is 0.867. The number of carbonyl (C=O) groups is 2. The molecule has 2 aromatic rings. The van der Waals surface area contributed by atoms with Crippen LogP contribution in [0.4, 0.5) is 4.39 Å². The van der Waals surface area contributed by atoms with Crippen molar-refractivity contribution in [1.29, 1.82) is 0 Å². The number of rotatable bonds is 2. The minimum atomic E-state index is -0.666. The third-order valence-electron chi connectivity index (χ3n) is 3.83. The molecule has 1 saturated heterocycles. The molecule has 108 valence electrons. The van der Waals surface area contributed by atoms with Crippen LogP contribution in [0, 0.1) is 12.7 Å². The van der Waals surface area contributed by atoms with Gasteiger partial charge in [-0.05, 0) is 30.0 Å². The lowest BCUT2D eigenvalue weighted by Gasteiger charge is -2.30. The number of halogens is 1. The van der Waals surface area contributed by atoms with E-state index in [1.54, 1.807) is 18.2 Å². The number of amides is 2. The van der Waals surface area contributed by atoms with E-state index >= 15 is 0 Å². The summed E-state index contributed by atoms with van der Waals surface area (Å²) in [7, 11) is 0. The highest BCUT2D eigenvalue weighted by molar-refractivity contribution is 7.10. The van der Waals surface area contributed by atoms with Gasteiger partial charge in [-0.2, -0.15) is 0 Å². The molecule has 1 aliphatic rings. The maximum atomic E-state index is 14.1. The normalized spacial score (nSPS) is 22.2. The highest BCUT2D eigenvalue weighted by atomic mass is 32.1. The molecule has 1 aliphatic heterocycles. The Bertz CT molecular complexity index is 710. The SMILES string of the molecule is Cc1ccsc1C1CC(=O)NC(=O)C1c1ccccc1F. The minimum absolute atomic E-state index is 0.200. The second kappa shape index (κ2) is 5.41. The maximum Gasteiger partial charge on any atom is 0.234 e. The van der Waals surface area contributed by atoms with E-state index in [1.807, 2.05) is 18.4 Å². The van der Waals surface area contributed by atoms with E-state index in [1.165, 1.54) is 17.4 Å². The largest absolute Gasteiger partial charge is 0.296 e. The Kier molecular flexibility index (Phi) is 3.59. The van der Waals surface area contributed by atoms with Crippen molar-refractivity contribution in [2.45, 2.75) is 25.2 Å². The first-order valence-corrected chi connectivity index (χ1v) is 7.58. The monoisotopic (exact) mass is 303 g/mol. The molecule has 1 aromatic heterocycles. The third kappa shape index (κ3) is 2.49. The Hall–Kier alpha value is -2.01. The van der Waals surface area contributed by atoms with Gasteiger partial charge in [-0.3, -0.25) is 14.9 Å². The van der Waals surface area contributed by atoms with Crippen LogP contribution in [0.2, 0.25) is 0 Å². The molecule has 0 aliphatic carbocycles. The van der Waals surface area contributed by atoms with Gasteiger partial charge in [-0.15, -0.1) is 11.3 Å². The van der Waals surface area contributed by atoms with Crippen LogP contribution < -0.4 is 5.32 Å². The molecule has 1 fully saturated rings. The van der Waals surface area contributed by atoms with E-state index in [4.69, 9.17) is 0 Å². The Labute approximate surface area is 125 Å². The predicted molar refractivity (Wildman–Crippen MR) is 78.7 cm³/mol. The molecular weight excluding hydrogens is 289 g/mol.